The molecule has 0 aromatic heterocycles. The Hall–Kier alpha value is -1.30. The first-order chi connectivity index (χ1) is 11.1. The van der Waals surface area contributed by atoms with Crippen molar-refractivity contribution in [1.82, 2.24) is 0 Å². The summed E-state index contributed by atoms with van der Waals surface area (Å²) in [6.07, 6.45) is 5.09. The second-order valence-corrected chi connectivity index (χ2v) is 7.38. The van der Waals surface area contributed by atoms with Crippen LogP contribution in [0, 0.1) is 9.49 Å². The number of esters is 1. The Morgan fingerprint density at radius 2 is 1.87 bits per heavy atom. The number of fused-ring (bicyclic) bond motifs is 1. The molecule has 0 unspecified atom stereocenters. The first-order valence-electron chi connectivity index (χ1n) is 8.05. The van der Waals surface area contributed by atoms with Crippen LogP contribution in [0.1, 0.15) is 43.0 Å². The number of hydrogen-bond acceptors (Lipinski definition) is 3. The molecule has 1 saturated carbocycles. The zero-order valence-corrected chi connectivity index (χ0v) is 15.6. The van der Waals surface area contributed by atoms with Crippen molar-refractivity contribution >= 4 is 39.3 Å². The summed E-state index contributed by atoms with van der Waals surface area (Å²) in [4.78, 5) is 11.6. The average molecular weight is 424 g/mol. The zero-order chi connectivity index (χ0) is 16.4. The number of hydrogen-bond donors (Lipinski definition) is 0. The minimum absolute atomic E-state index is 0.307. The molecule has 0 heterocycles. The lowest BCUT2D eigenvalue weighted by Gasteiger charge is -2.27. The summed E-state index contributed by atoms with van der Waals surface area (Å²) in [6, 6.07) is 9.69. The van der Waals surface area contributed by atoms with Crippen LogP contribution in [0.4, 0.5) is 0 Å². The van der Waals surface area contributed by atoms with Gasteiger partial charge >= 0.3 is 5.97 Å². The molecule has 0 aliphatic heterocycles. The van der Waals surface area contributed by atoms with Gasteiger partial charge in [-0.15, -0.1) is 0 Å². The fraction of sp³-hybridized carbons (Fsp3) is 0.421. The lowest BCUT2D eigenvalue weighted by atomic mass is 9.89. The molecule has 3 rings (SSSR count). The van der Waals surface area contributed by atoms with E-state index in [2.05, 4.69) is 29.5 Å². The predicted octanol–water partition coefficient (Wildman–Crippen LogP) is 5.19. The van der Waals surface area contributed by atoms with Crippen LogP contribution in [0.25, 0.3) is 10.8 Å². The van der Waals surface area contributed by atoms with Gasteiger partial charge in [-0.1, -0.05) is 19.1 Å². The van der Waals surface area contributed by atoms with E-state index in [0.717, 1.165) is 38.9 Å². The summed E-state index contributed by atoms with van der Waals surface area (Å²) in [5.74, 6) is 1.46. The third kappa shape index (κ3) is 3.62. The highest BCUT2D eigenvalue weighted by molar-refractivity contribution is 14.1. The number of carbonyl (C=O) groups is 1. The fourth-order valence-corrected chi connectivity index (χ4v) is 3.93. The van der Waals surface area contributed by atoms with Crippen molar-refractivity contribution < 1.29 is 14.3 Å². The second kappa shape index (κ2) is 7.07. The third-order valence-electron chi connectivity index (χ3n) is 4.60. The molecule has 1 aliphatic carbocycles. The molecule has 23 heavy (non-hydrogen) atoms. The molecule has 0 radical (unpaired) electrons. The van der Waals surface area contributed by atoms with E-state index >= 15 is 0 Å². The number of ether oxygens (including phenoxy) is 2. The summed E-state index contributed by atoms with van der Waals surface area (Å²) in [7, 11) is 1.40. The van der Waals surface area contributed by atoms with Gasteiger partial charge in [-0.2, -0.15) is 0 Å². The van der Waals surface area contributed by atoms with Gasteiger partial charge in [0.15, 0.2) is 0 Å². The van der Waals surface area contributed by atoms with Crippen LogP contribution >= 0.6 is 22.6 Å². The van der Waals surface area contributed by atoms with Crippen molar-refractivity contribution in [3.05, 3.63) is 39.5 Å². The highest BCUT2D eigenvalue weighted by atomic mass is 127. The Morgan fingerprint density at radius 1 is 1.13 bits per heavy atom. The van der Waals surface area contributed by atoms with Gasteiger partial charge in [-0.25, -0.2) is 4.79 Å². The highest BCUT2D eigenvalue weighted by Gasteiger charge is 2.20. The Balaban J connectivity index is 1.85. The van der Waals surface area contributed by atoms with E-state index in [9.17, 15) is 4.79 Å². The molecule has 0 N–H and O–H groups in total. The lowest BCUT2D eigenvalue weighted by molar-refractivity contribution is 0.0601. The number of benzene rings is 2. The molecule has 4 heteroatoms. The largest absolute Gasteiger partial charge is 0.489 e. The third-order valence-corrected chi connectivity index (χ3v) is 5.71. The Bertz CT molecular complexity index is 718. The molecule has 2 aromatic carbocycles. The van der Waals surface area contributed by atoms with Crippen LogP contribution in [0.2, 0.25) is 0 Å². The minimum Gasteiger partial charge on any atom is -0.489 e. The lowest BCUT2D eigenvalue weighted by Crippen LogP contribution is -2.23. The Labute approximate surface area is 150 Å². The van der Waals surface area contributed by atoms with E-state index < -0.39 is 0 Å². The van der Waals surface area contributed by atoms with Gasteiger partial charge in [0.2, 0.25) is 0 Å². The van der Waals surface area contributed by atoms with E-state index in [1.807, 2.05) is 30.3 Å². The Morgan fingerprint density at radius 3 is 2.57 bits per heavy atom. The normalized spacial score (nSPS) is 21.2. The maximum Gasteiger partial charge on any atom is 0.337 e. The first-order valence-corrected chi connectivity index (χ1v) is 9.13. The van der Waals surface area contributed by atoms with Crippen LogP contribution < -0.4 is 4.74 Å². The number of carbonyl (C=O) groups excluding carboxylic acids is 1. The van der Waals surface area contributed by atoms with Gasteiger partial charge in [-0.3, -0.25) is 0 Å². The summed E-state index contributed by atoms with van der Waals surface area (Å²) in [5.41, 5.74) is 0.575. The molecule has 3 nitrogen and oxygen atoms in total. The van der Waals surface area contributed by atoms with E-state index in [-0.39, 0.29) is 5.97 Å². The van der Waals surface area contributed by atoms with Gasteiger partial charge in [0, 0.05) is 0 Å². The molecule has 122 valence electrons. The van der Waals surface area contributed by atoms with Gasteiger partial charge in [0.1, 0.15) is 5.75 Å². The van der Waals surface area contributed by atoms with E-state index in [1.165, 1.54) is 20.0 Å². The van der Waals surface area contributed by atoms with Crippen molar-refractivity contribution in [1.29, 1.82) is 0 Å². The molecule has 0 amide bonds. The molecule has 0 spiro atoms. The maximum absolute atomic E-state index is 11.6. The van der Waals surface area contributed by atoms with Crippen molar-refractivity contribution in [3.63, 3.8) is 0 Å². The zero-order valence-electron chi connectivity index (χ0n) is 13.5. The summed E-state index contributed by atoms with van der Waals surface area (Å²) in [5, 5.41) is 2.14. The minimum atomic E-state index is -0.307. The summed E-state index contributed by atoms with van der Waals surface area (Å²) in [6.45, 7) is 2.31. The van der Waals surface area contributed by atoms with Crippen LogP contribution in [0.15, 0.2) is 30.3 Å². The van der Waals surface area contributed by atoms with Gasteiger partial charge in [0.05, 0.1) is 22.3 Å². The summed E-state index contributed by atoms with van der Waals surface area (Å²) >= 11 is 2.34. The number of halogens is 1. The molecule has 1 fully saturated rings. The smallest absolute Gasteiger partial charge is 0.337 e. The van der Waals surface area contributed by atoms with Gasteiger partial charge in [-0.05, 0) is 83.2 Å². The van der Waals surface area contributed by atoms with Crippen LogP contribution in [-0.2, 0) is 4.74 Å². The van der Waals surface area contributed by atoms with Crippen molar-refractivity contribution in [3.8, 4) is 5.75 Å². The van der Waals surface area contributed by atoms with Crippen molar-refractivity contribution in [2.24, 2.45) is 5.92 Å². The standard InChI is InChI=1S/C19H21IO3/c1-12-3-7-15(8-4-12)23-17-10-6-13-11-14(19(21)22-2)5-9-16(13)18(17)20/h5-6,9-12,15H,3-4,7-8H2,1-2H3. The second-order valence-electron chi connectivity index (χ2n) is 6.30. The van der Waals surface area contributed by atoms with E-state index in [1.54, 1.807) is 0 Å². The van der Waals surface area contributed by atoms with Crippen molar-refractivity contribution in [2.45, 2.75) is 38.7 Å². The van der Waals surface area contributed by atoms with Crippen LogP contribution in [0.5, 0.6) is 5.75 Å². The molecule has 2 aromatic rings. The topological polar surface area (TPSA) is 35.5 Å². The monoisotopic (exact) mass is 424 g/mol. The molecule has 0 bridgehead atoms. The molecular weight excluding hydrogens is 403 g/mol. The molecular formula is C19H21IO3. The highest BCUT2D eigenvalue weighted by Crippen LogP contribution is 2.33. The van der Waals surface area contributed by atoms with Crippen LogP contribution in [-0.4, -0.2) is 19.2 Å². The SMILES string of the molecule is COC(=O)c1ccc2c(I)c(OC3CCC(C)CC3)ccc2c1. The van der Waals surface area contributed by atoms with Crippen molar-refractivity contribution in [2.75, 3.05) is 7.11 Å². The number of rotatable bonds is 3. The molecule has 0 saturated heterocycles. The average Bonchev–Trinajstić information content (AvgIpc) is 2.58. The van der Waals surface area contributed by atoms with E-state index in [4.69, 9.17) is 9.47 Å². The van der Waals surface area contributed by atoms with Gasteiger partial charge in [0.25, 0.3) is 0 Å². The molecule has 1 aliphatic rings. The fourth-order valence-electron chi connectivity index (χ4n) is 3.13. The van der Waals surface area contributed by atoms with Gasteiger partial charge < -0.3 is 9.47 Å². The molecule has 0 atom stereocenters. The Kier molecular flexibility index (Phi) is 5.09. The quantitative estimate of drug-likeness (QED) is 0.503. The van der Waals surface area contributed by atoms with Crippen LogP contribution in [0.3, 0.4) is 0 Å². The van der Waals surface area contributed by atoms with E-state index in [0.29, 0.717) is 11.7 Å². The number of methoxy groups -OCH3 is 1. The first kappa shape index (κ1) is 16.6. The maximum atomic E-state index is 11.6. The summed E-state index contributed by atoms with van der Waals surface area (Å²) < 4.78 is 12.1. The predicted molar refractivity (Wildman–Crippen MR) is 100 cm³/mol.